The predicted octanol–water partition coefficient (Wildman–Crippen LogP) is 1.44. The molecular formula is C16H20N4O3. The number of aryl methyl sites for hydroxylation is 1. The first-order valence-corrected chi connectivity index (χ1v) is 7.92. The number of likely N-dealkylation sites (tertiary alicyclic amines) is 1. The maximum Gasteiger partial charge on any atom is 0.227 e. The molecule has 1 unspecified atom stereocenters. The van der Waals surface area contributed by atoms with Crippen LogP contribution in [0, 0.1) is 0 Å². The highest BCUT2D eigenvalue weighted by atomic mass is 16.5. The Morgan fingerprint density at radius 3 is 3.09 bits per heavy atom. The van der Waals surface area contributed by atoms with Crippen LogP contribution in [-0.4, -0.2) is 50.2 Å². The molecule has 23 heavy (non-hydrogen) atoms. The summed E-state index contributed by atoms with van der Waals surface area (Å²) in [5.74, 6) is 0.886. The van der Waals surface area contributed by atoms with Crippen LogP contribution in [0.4, 0.5) is 0 Å². The standard InChI is InChI=1S/C16H20N4O3/c21-11-12-5-2-4-10-20(12)15(22)8-7-14-18-16(19-23-14)13-6-1-3-9-17-13/h1,3,6,9,12,21H,2,4-5,7-8,10-11H2. The van der Waals surface area contributed by atoms with Crippen molar-refractivity contribution in [2.24, 2.45) is 0 Å². The molecule has 1 saturated heterocycles. The maximum absolute atomic E-state index is 12.3. The van der Waals surface area contributed by atoms with E-state index in [2.05, 4.69) is 15.1 Å². The van der Waals surface area contributed by atoms with Gasteiger partial charge >= 0.3 is 0 Å². The Morgan fingerprint density at radius 1 is 1.39 bits per heavy atom. The van der Waals surface area contributed by atoms with E-state index in [1.165, 1.54) is 0 Å². The lowest BCUT2D eigenvalue weighted by Gasteiger charge is -2.34. The summed E-state index contributed by atoms with van der Waals surface area (Å²) in [6.07, 6.45) is 5.29. The summed E-state index contributed by atoms with van der Waals surface area (Å²) in [5, 5.41) is 13.3. The molecule has 2 aromatic rings. The average molecular weight is 316 g/mol. The molecule has 0 radical (unpaired) electrons. The van der Waals surface area contributed by atoms with E-state index in [4.69, 9.17) is 4.52 Å². The fraction of sp³-hybridized carbons (Fsp3) is 0.500. The summed E-state index contributed by atoms with van der Waals surface area (Å²) in [5.41, 5.74) is 0.644. The Balaban J connectivity index is 1.58. The summed E-state index contributed by atoms with van der Waals surface area (Å²) >= 11 is 0. The van der Waals surface area contributed by atoms with E-state index in [1.54, 1.807) is 17.2 Å². The summed E-state index contributed by atoms with van der Waals surface area (Å²) in [6, 6.07) is 5.43. The van der Waals surface area contributed by atoms with Gasteiger partial charge in [0.25, 0.3) is 0 Å². The molecule has 3 heterocycles. The van der Waals surface area contributed by atoms with Gasteiger partial charge in [0.2, 0.25) is 17.6 Å². The van der Waals surface area contributed by atoms with Crippen LogP contribution in [-0.2, 0) is 11.2 Å². The molecule has 7 heteroatoms. The largest absolute Gasteiger partial charge is 0.394 e. The van der Waals surface area contributed by atoms with E-state index in [9.17, 15) is 9.90 Å². The zero-order valence-electron chi connectivity index (χ0n) is 12.9. The van der Waals surface area contributed by atoms with Crippen LogP contribution in [0.1, 0.15) is 31.6 Å². The second-order valence-corrected chi connectivity index (χ2v) is 5.65. The molecule has 1 amide bonds. The molecule has 0 aromatic carbocycles. The molecule has 7 nitrogen and oxygen atoms in total. The minimum atomic E-state index is -0.0528. The van der Waals surface area contributed by atoms with E-state index in [-0.39, 0.29) is 18.6 Å². The van der Waals surface area contributed by atoms with Crippen molar-refractivity contribution in [3.8, 4) is 11.5 Å². The third kappa shape index (κ3) is 3.73. The van der Waals surface area contributed by atoms with E-state index >= 15 is 0 Å². The van der Waals surface area contributed by atoms with Crippen molar-refractivity contribution in [2.45, 2.75) is 38.1 Å². The maximum atomic E-state index is 12.3. The molecule has 1 aliphatic heterocycles. The van der Waals surface area contributed by atoms with Gasteiger partial charge in [0.05, 0.1) is 12.6 Å². The highest BCUT2D eigenvalue weighted by Gasteiger charge is 2.26. The van der Waals surface area contributed by atoms with Crippen molar-refractivity contribution < 1.29 is 14.4 Å². The number of carbonyl (C=O) groups is 1. The van der Waals surface area contributed by atoms with Crippen molar-refractivity contribution >= 4 is 5.91 Å². The molecule has 122 valence electrons. The number of carbonyl (C=O) groups excluding carboxylic acids is 1. The quantitative estimate of drug-likeness (QED) is 0.897. The summed E-state index contributed by atoms with van der Waals surface area (Å²) < 4.78 is 5.19. The lowest BCUT2D eigenvalue weighted by molar-refractivity contribution is -0.136. The normalized spacial score (nSPS) is 18.1. The van der Waals surface area contributed by atoms with Gasteiger partial charge in [-0.3, -0.25) is 9.78 Å². The van der Waals surface area contributed by atoms with Crippen LogP contribution >= 0.6 is 0 Å². The molecular weight excluding hydrogens is 296 g/mol. The number of aromatic nitrogens is 3. The smallest absolute Gasteiger partial charge is 0.227 e. The first-order valence-electron chi connectivity index (χ1n) is 7.92. The first kappa shape index (κ1) is 15.6. The number of piperidine rings is 1. The predicted molar refractivity (Wildman–Crippen MR) is 82.3 cm³/mol. The number of aliphatic hydroxyl groups is 1. The Bertz CT molecular complexity index is 644. The highest BCUT2D eigenvalue weighted by Crippen LogP contribution is 2.18. The van der Waals surface area contributed by atoms with Crippen LogP contribution < -0.4 is 0 Å². The molecule has 1 N–H and O–H groups in total. The fourth-order valence-electron chi connectivity index (χ4n) is 2.83. The van der Waals surface area contributed by atoms with Gasteiger partial charge in [-0.05, 0) is 31.4 Å². The summed E-state index contributed by atoms with van der Waals surface area (Å²) in [7, 11) is 0. The minimum Gasteiger partial charge on any atom is -0.394 e. The van der Waals surface area contributed by atoms with E-state index in [0.29, 0.717) is 36.8 Å². The van der Waals surface area contributed by atoms with Crippen LogP contribution in [0.5, 0.6) is 0 Å². The Hall–Kier alpha value is -2.28. The van der Waals surface area contributed by atoms with Crippen LogP contribution in [0.15, 0.2) is 28.9 Å². The van der Waals surface area contributed by atoms with Gasteiger partial charge in [-0.15, -0.1) is 0 Å². The van der Waals surface area contributed by atoms with Crippen molar-refractivity contribution in [2.75, 3.05) is 13.2 Å². The number of nitrogens with zero attached hydrogens (tertiary/aromatic N) is 4. The molecule has 0 spiro atoms. The van der Waals surface area contributed by atoms with Gasteiger partial charge in [0, 0.05) is 25.6 Å². The molecule has 0 aliphatic carbocycles. The number of hydrogen-bond donors (Lipinski definition) is 1. The third-order valence-electron chi connectivity index (χ3n) is 4.07. The Kier molecular flexibility index (Phi) is 4.97. The van der Waals surface area contributed by atoms with Crippen molar-refractivity contribution in [3.05, 3.63) is 30.3 Å². The molecule has 1 aliphatic rings. The van der Waals surface area contributed by atoms with Gasteiger partial charge in [-0.2, -0.15) is 4.98 Å². The molecule has 0 saturated carbocycles. The van der Waals surface area contributed by atoms with E-state index < -0.39 is 0 Å². The molecule has 0 bridgehead atoms. The van der Waals surface area contributed by atoms with E-state index in [0.717, 1.165) is 19.3 Å². The first-order chi connectivity index (χ1) is 11.3. The van der Waals surface area contributed by atoms with Crippen LogP contribution in [0.3, 0.4) is 0 Å². The fourth-order valence-corrected chi connectivity index (χ4v) is 2.83. The third-order valence-corrected chi connectivity index (χ3v) is 4.07. The number of rotatable bonds is 5. The lowest BCUT2D eigenvalue weighted by Crippen LogP contribution is -2.45. The number of hydrogen-bond acceptors (Lipinski definition) is 6. The van der Waals surface area contributed by atoms with E-state index in [1.807, 2.05) is 12.1 Å². The van der Waals surface area contributed by atoms with Gasteiger partial charge < -0.3 is 14.5 Å². The second-order valence-electron chi connectivity index (χ2n) is 5.65. The van der Waals surface area contributed by atoms with Crippen molar-refractivity contribution in [1.29, 1.82) is 0 Å². The zero-order chi connectivity index (χ0) is 16.1. The summed E-state index contributed by atoms with van der Waals surface area (Å²) in [6.45, 7) is 0.739. The van der Waals surface area contributed by atoms with Gasteiger partial charge in [-0.25, -0.2) is 0 Å². The zero-order valence-corrected chi connectivity index (χ0v) is 12.9. The number of pyridine rings is 1. The van der Waals surface area contributed by atoms with Gasteiger partial charge in [0.15, 0.2) is 0 Å². The van der Waals surface area contributed by atoms with Gasteiger partial charge in [-0.1, -0.05) is 11.2 Å². The molecule has 2 aromatic heterocycles. The highest BCUT2D eigenvalue weighted by molar-refractivity contribution is 5.76. The van der Waals surface area contributed by atoms with Crippen LogP contribution in [0.25, 0.3) is 11.5 Å². The summed E-state index contributed by atoms with van der Waals surface area (Å²) in [4.78, 5) is 22.5. The molecule has 1 atom stereocenters. The SMILES string of the molecule is O=C(CCc1nc(-c2ccccn2)no1)N1CCCCC1CO. The monoisotopic (exact) mass is 316 g/mol. The number of amides is 1. The van der Waals surface area contributed by atoms with Crippen molar-refractivity contribution in [1.82, 2.24) is 20.0 Å². The minimum absolute atomic E-state index is 0.0239. The average Bonchev–Trinajstić information content (AvgIpc) is 3.09. The Labute approximate surface area is 134 Å². The molecule has 1 fully saturated rings. The van der Waals surface area contributed by atoms with Crippen molar-refractivity contribution in [3.63, 3.8) is 0 Å². The Morgan fingerprint density at radius 2 is 2.30 bits per heavy atom. The topological polar surface area (TPSA) is 92.3 Å². The molecule has 3 rings (SSSR count). The van der Waals surface area contributed by atoms with Crippen LogP contribution in [0.2, 0.25) is 0 Å². The number of aliphatic hydroxyl groups excluding tert-OH is 1. The van der Waals surface area contributed by atoms with Gasteiger partial charge in [0.1, 0.15) is 5.69 Å². The second kappa shape index (κ2) is 7.32. The lowest BCUT2D eigenvalue weighted by atomic mass is 10.0.